The van der Waals surface area contributed by atoms with Gasteiger partial charge in [0.25, 0.3) is 11.6 Å². The lowest BCUT2D eigenvalue weighted by Gasteiger charge is -2.08. The quantitative estimate of drug-likeness (QED) is 0.311. The average Bonchev–Trinajstić information content (AvgIpc) is 3.00. The molecule has 0 unspecified atom stereocenters. The number of hydrogen-bond acceptors (Lipinski definition) is 7. The first-order valence-electron chi connectivity index (χ1n) is 7.35. The van der Waals surface area contributed by atoms with Crippen molar-refractivity contribution >= 4 is 28.8 Å². The van der Waals surface area contributed by atoms with E-state index in [1.165, 1.54) is 18.2 Å². The third kappa shape index (κ3) is 3.72. The summed E-state index contributed by atoms with van der Waals surface area (Å²) < 4.78 is 43.2. The zero-order valence-electron chi connectivity index (χ0n) is 13.5. The van der Waals surface area contributed by atoms with Crippen LogP contribution in [0.2, 0.25) is 0 Å². The van der Waals surface area contributed by atoms with Gasteiger partial charge in [-0.1, -0.05) is 0 Å². The van der Waals surface area contributed by atoms with Gasteiger partial charge in [0.15, 0.2) is 0 Å². The topological polar surface area (TPSA) is 138 Å². The van der Waals surface area contributed by atoms with E-state index in [0.29, 0.717) is 17.7 Å². The van der Waals surface area contributed by atoms with E-state index in [-0.39, 0.29) is 15.9 Å². The summed E-state index contributed by atoms with van der Waals surface area (Å²) in [6.07, 6.45) is -3.84. The van der Waals surface area contributed by atoms with Crippen LogP contribution < -0.4 is 10.3 Å². The molecule has 0 aliphatic heterocycles. The number of aromatic nitrogens is 2. The number of carbonyl (C=O) groups excluding carboxylic acids is 1. The summed E-state index contributed by atoms with van der Waals surface area (Å²) in [4.78, 5) is 21.7. The highest BCUT2D eigenvalue weighted by atomic mass is 19.4. The summed E-state index contributed by atoms with van der Waals surface area (Å²) in [5, 5.41) is 29.0. The lowest BCUT2D eigenvalue weighted by atomic mass is 10.1. The van der Waals surface area contributed by atoms with Crippen molar-refractivity contribution in [2.75, 3.05) is 0 Å². The molecule has 0 aliphatic carbocycles. The number of nitro benzene ring substituents is 1. The Labute approximate surface area is 152 Å². The number of nitrogens with zero attached hydrogens (tertiary/aromatic N) is 4. The molecule has 28 heavy (non-hydrogen) atoms. The average molecular weight is 395 g/mol. The van der Waals surface area contributed by atoms with E-state index in [1.54, 1.807) is 0 Å². The van der Waals surface area contributed by atoms with Crippen LogP contribution in [0.4, 0.5) is 18.9 Å². The van der Waals surface area contributed by atoms with Gasteiger partial charge in [-0.3, -0.25) is 19.5 Å². The molecule has 0 bridgehead atoms. The first-order chi connectivity index (χ1) is 13.2. The van der Waals surface area contributed by atoms with Crippen molar-refractivity contribution in [2.24, 2.45) is 5.10 Å². The van der Waals surface area contributed by atoms with Gasteiger partial charge >= 0.3 is 6.18 Å². The molecule has 3 rings (SSSR count). The third-order valence-corrected chi connectivity index (χ3v) is 3.55. The molecule has 3 aromatic rings. The molecular weight excluding hydrogens is 387 g/mol. The lowest BCUT2D eigenvalue weighted by molar-refractivity contribution is -0.782. The van der Waals surface area contributed by atoms with Gasteiger partial charge in [0.05, 0.1) is 11.1 Å². The van der Waals surface area contributed by atoms with Crippen molar-refractivity contribution in [1.82, 2.24) is 10.6 Å². The van der Waals surface area contributed by atoms with Gasteiger partial charge in [0.1, 0.15) is 5.56 Å². The molecule has 0 saturated carbocycles. The van der Waals surface area contributed by atoms with Crippen LogP contribution in [0.15, 0.2) is 46.1 Å². The first-order valence-corrected chi connectivity index (χ1v) is 7.35. The SMILES string of the molecule is O=C(NN=Cc1ccc2c(c1)no[n+]2[O-])c1ccc([N+](=O)[O-])c(C(F)(F)F)c1. The number of nitro groups is 1. The number of hydrogen-bond donors (Lipinski definition) is 1. The minimum atomic E-state index is -5.01. The summed E-state index contributed by atoms with van der Waals surface area (Å²) in [5.74, 6) is -1.00. The fourth-order valence-electron chi connectivity index (χ4n) is 2.27. The van der Waals surface area contributed by atoms with Crippen LogP contribution in [0.1, 0.15) is 21.5 Å². The molecule has 144 valence electrons. The van der Waals surface area contributed by atoms with E-state index in [9.17, 15) is 33.3 Å². The second kappa shape index (κ2) is 6.94. The van der Waals surface area contributed by atoms with E-state index in [4.69, 9.17) is 0 Å². The van der Waals surface area contributed by atoms with Crippen LogP contribution in [-0.2, 0) is 6.18 Å². The third-order valence-electron chi connectivity index (χ3n) is 3.55. The standard InChI is InChI=1S/C15H8F3N5O5/c16-15(17,18)10-6-9(2-4-12(10)22(25)26)14(24)20-19-7-8-1-3-13-11(5-8)21-28-23(13)27/h1-7H,(H,20,24). The van der Waals surface area contributed by atoms with Crippen LogP contribution in [0.3, 0.4) is 0 Å². The monoisotopic (exact) mass is 395 g/mol. The Morgan fingerprint density at radius 3 is 2.71 bits per heavy atom. The molecule has 1 amide bonds. The number of nitrogens with one attached hydrogen (secondary N) is 1. The van der Waals surface area contributed by atoms with E-state index in [1.807, 2.05) is 5.43 Å². The van der Waals surface area contributed by atoms with Crippen molar-refractivity contribution in [3.8, 4) is 0 Å². The number of fused-ring (bicyclic) bond motifs is 1. The molecule has 13 heteroatoms. The Morgan fingerprint density at radius 2 is 2.04 bits per heavy atom. The molecule has 0 spiro atoms. The summed E-state index contributed by atoms with van der Waals surface area (Å²) in [6, 6.07) is 6.14. The molecule has 1 heterocycles. The normalized spacial score (nSPS) is 11.8. The van der Waals surface area contributed by atoms with Gasteiger partial charge in [0.2, 0.25) is 11.0 Å². The molecule has 1 N–H and O–H groups in total. The maximum atomic E-state index is 13.0. The summed E-state index contributed by atoms with van der Waals surface area (Å²) in [6.45, 7) is 0. The molecule has 1 aromatic heterocycles. The number of carbonyl (C=O) groups is 1. The second-order valence-corrected chi connectivity index (χ2v) is 5.36. The summed E-state index contributed by atoms with van der Waals surface area (Å²) >= 11 is 0. The number of hydrazone groups is 1. The molecule has 0 aliphatic rings. The van der Waals surface area contributed by atoms with E-state index < -0.39 is 33.8 Å². The number of benzene rings is 2. The van der Waals surface area contributed by atoms with Gasteiger partial charge in [-0.25, -0.2) is 5.43 Å². The van der Waals surface area contributed by atoms with E-state index in [2.05, 4.69) is 14.9 Å². The maximum absolute atomic E-state index is 13.0. The summed E-state index contributed by atoms with van der Waals surface area (Å²) in [5.41, 5.74) is -0.338. The molecule has 10 nitrogen and oxygen atoms in total. The van der Waals surface area contributed by atoms with Crippen molar-refractivity contribution < 1.29 is 32.4 Å². The predicted octanol–water partition coefficient (Wildman–Crippen LogP) is 2.15. The number of amides is 1. The van der Waals surface area contributed by atoms with E-state index in [0.717, 1.165) is 12.3 Å². The van der Waals surface area contributed by atoms with Gasteiger partial charge in [-0.2, -0.15) is 18.3 Å². The van der Waals surface area contributed by atoms with Gasteiger partial charge < -0.3 is 5.21 Å². The Hall–Kier alpha value is -4.03. The van der Waals surface area contributed by atoms with Crippen molar-refractivity contribution in [1.29, 1.82) is 0 Å². The molecule has 0 atom stereocenters. The van der Waals surface area contributed by atoms with Gasteiger partial charge in [-0.05, 0) is 34.7 Å². The molecule has 0 saturated heterocycles. The van der Waals surface area contributed by atoms with Crippen molar-refractivity contribution in [2.45, 2.75) is 6.18 Å². The van der Waals surface area contributed by atoms with Crippen molar-refractivity contribution in [3.05, 3.63) is 68.4 Å². The van der Waals surface area contributed by atoms with Crippen LogP contribution >= 0.6 is 0 Å². The smallest absolute Gasteiger partial charge is 0.359 e. The Kier molecular flexibility index (Phi) is 4.65. The fraction of sp³-hybridized carbons (Fsp3) is 0.0667. The zero-order valence-corrected chi connectivity index (χ0v) is 13.5. The highest BCUT2D eigenvalue weighted by Crippen LogP contribution is 2.36. The first kappa shape index (κ1) is 18.8. The van der Waals surface area contributed by atoms with Crippen LogP contribution in [0.5, 0.6) is 0 Å². The minimum Gasteiger partial charge on any atom is -0.359 e. The number of alkyl halides is 3. The van der Waals surface area contributed by atoms with Crippen LogP contribution in [0.25, 0.3) is 11.0 Å². The fourth-order valence-corrected chi connectivity index (χ4v) is 2.27. The Bertz CT molecular complexity index is 1110. The van der Waals surface area contributed by atoms with Gasteiger partial charge in [0, 0.05) is 22.9 Å². The molecular formula is C15H8F3N5O5. The minimum absolute atomic E-state index is 0.173. The zero-order chi connectivity index (χ0) is 20.5. The predicted molar refractivity (Wildman–Crippen MR) is 86.1 cm³/mol. The number of halogens is 3. The number of rotatable bonds is 4. The van der Waals surface area contributed by atoms with Crippen LogP contribution in [-0.4, -0.2) is 22.2 Å². The van der Waals surface area contributed by atoms with E-state index >= 15 is 0 Å². The Balaban J connectivity index is 1.78. The second-order valence-electron chi connectivity index (χ2n) is 5.36. The Morgan fingerprint density at radius 1 is 1.29 bits per heavy atom. The highest BCUT2D eigenvalue weighted by molar-refractivity contribution is 5.95. The molecule has 0 fully saturated rings. The van der Waals surface area contributed by atoms with Crippen LogP contribution in [0, 0.1) is 15.3 Å². The van der Waals surface area contributed by atoms with Gasteiger partial charge in [-0.15, -0.1) is 0 Å². The molecule has 2 aromatic carbocycles. The largest absolute Gasteiger partial charge is 0.423 e. The van der Waals surface area contributed by atoms with Crippen molar-refractivity contribution in [3.63, 3.8) is 0 Å². The lowest BCUT2D eigenvalue weighted by Crippen LogP contribution is -2.22. The maximum Gasteiger partial charge on any atom is 0.423 e. The summed E-state index contributed by atoms with van der Waals surface area (Å²) in [7, 11) is 0. The highest BCUT2D eigenvalue weighted by Gasteiger charge is 2.38. The molecule has 0 radical (unpaired) electrons.